The van der Waals surface area contributed by atoms with Crippen LogP contribution in [0.4, 0.5) is 11.4 Å². The molecule has 1 unspecified atom stereocenters. The van der Waals surface area contributed by atoms with Crippen molar-refractivity contribution in [3.8, 4) is 5.75 Å². The number of carbonyl (C=O) groups excluding carboxylic acids is 3. The van der Waals surface area contributed by atoms with Crippen LogP contribution in [0.5, 0.6) is 5.75 Å². The second-order valence-corrected chi connectivity index (χ2v) is 9.41. The number of carbonyl (C=O) groups is 3. The number of ether oxygens (including phenoxy) is 3. The minimum absolute atomic E-state index is 0.000214. The zero-order chi connectivity index (χ0) is 26.3. The van der Waals surface area contributed by atoms with Crippen molar-refractivity contribution in [2.24, 2.45) is 15.3 Å². The van der Waals surface area contributed by atoms with Crippen LogP contribution in [-0.4, -0.2) is 64.1 Å². The molecule has 0 saturated heterocycles. The van der Waals surface area contributed by atoms with Crippen LogP contribution < -0.4 is 9.75 Å². The van der Waals surface area contributed by atoms with Crippen LogP contribution in [0.1, 0.15) is 13.8 Å². The monoisotopic (exact) mass is 516 g/mol. The Morgan fingerprint density at radius 2 is 1.83 bits per heavy atom. The van der Waals surface area contributed by atoms with E-state index in [9.17, 15) is 22.8 Å². The van der Waals surface area contributed by atoms with Gasteiger partial charge in [0.25, 0.3) is 5.91 Å². The molecule has 36 heavy (non-hydrogen) atoms. The van der Waals surface area contributed by atoms with Gasteiger partial charge in [0.1, 0.15) is 18.0 Å². The van der Waals surface area contributed by atoms with Gasteiger partial charge < -0.3 is 14.2 Å². The third-order valence-corrected chi connectivity index (χ3v) is 6.52. The van der Waals surface area contributed by atoms with E-state index in [-0.39, 0.29) is 35.3 Å². The third kappa shape index (κ3) is 6.10. The van der Waals surface area contributed by atoms with Crippen LogP contribution in [-0.2, 0) is 33.7 Å². The Morgan fingerprint density at radius 3 is 2.47 bits per heavy atom. The van der Waals surface area contributed by atoms with Crippen LogP contribution in [0, 0.1) is 0 Å². The number of benzene rings is 2. The first-order chi connectivity index (χ1) is 17.2. The number of hydrogen-bond acceptors (Lipinski definition) is 11. The molecule has 12 nitrogen and oxygen atoms in total. The predicted molar refractivity (Wildman–Crippen MR) is 128 cm³/mol. The lowest BCUT2D eigenvalue weighted by Gasteiger charge is -2.12. The molecule has 0 spiro atoms. The number of para-hydroxylation sites is 1. The van der Waals surface area contributed by atoms with E-state index in [2.05, 4.69) is 15.3 Å². The number of rotatable bonds is 10. The number of methoxy groups -OCH3 is 1. The summed E-state index contributed by atoms with van der Waals surface area (Å²) in [6.07, 6.45) is 0. The topological polar surface area (TPSA) is 153 Å². The van der Waals surface area contributed by atoms with E-state index in [0.717, 1.165) is 5.01 Å². The Bertz CT molecular complexity index is 1310. The van der Waals surface area contributed by atoms with Crippen LogP contribution in [0.15, 0.2) is 68.8 Å². The molecular weight excluding hydrogens is 492 g/mol. The molecule has 1 amide bonds. The van der Waals surface area contributed by atoms with Gasteiger partial charge in [0, 0.05) is 6.92 Å². The molecule has 1 aliphatic rings. The molecule has 0 saturated carbocycles. The highest BCUT2D eigenvalue weighted by Crippen LogP contribution is 2.32. The second kappa shape index (κ2) is 11.5. The quantitative estimate of drug-likeness (QED) is 0.345. The molecule has 0 N–H and O–H groups in total. The SMILES string of the molecule is CCOC(=O)C1=NN(c2ccccc2)C(=O)C1N=Nc1cc(S(=O)(=O)CCOC(C)=O)ccc1OC. The molecule has 0 fully saturated rings. The van der Waals surface area contributed by atoms with Crippen molar-refractivity contribution in [2.45, 2.75) is 24.8 Å². The molecule has 3 rings (SSSR count). The summed E-state index contributed by atoms with van der Waals surface area (Å²) in [7, 11) is -2.48. The van der Waals surface area contributed by atoms with E-state index < -0.39 is 39.5 Å². The molecule has 0 aliphatic carbocycles. The normalized spacial score (nSPS) is 15.6. The molecule has 2 aromatic carbocycles. The van der Waals surface area contributed by atoms with E-state index in [4.69, 9.17) is 14.2 Å². The van der Waals surface area contributed by atoms with Crippen molar-refractivity contribution < 1.29 is 37.0 Å². The van der Waals surface area contributed by atoms with Gasteiger partial charge >= 0.3 is 11.9 Å². The third-order valence-electron chi connectivity index (χ3n) is 4.84. The lowest BCUT2D eigenvalue weighted by atomic mass is 10.2. The van der Waals surface area contributed by atoms with Crippen LogP contribution in [0.2, 0.25) is 0 Å². The first-order valence-electron chi connectivity index (χ1n) is 10.8. The van der Waals surface area contributed by atoms with E-state index in [0.29, 0.717) is 5.69 Å². The minimum Gasteiger partial charge on any atom is -0.494 e. The standard InChI is InChI=1S/C23H24N4O8S/c1-4-34-23(30)21-20(22(29)27(26-21)16-8-6-5-7-9-16)25-24-18-14-17(10-11-19(18)33-3)36(31,32)13-12-35-15(2)28/h5-11,14,20H,4,12-13H2,1-3H3. The summed E-state index contributed by atoms with van der Waals surface area (Å²) in [4.78, 5) is 36.4. The lowest BCUT2D eigenvalue weighted by molar-refractivity contribution is -0.140. The Labute approximate surface area is 207 Å². The fraction of sp³-hybridized carbons (Fsp3) is 0.304. The molecule has 1 atom stereocenters. The zero-order valence-corrected chi connectivity index (χ0v) is 20.6. The minimum atomic E-state index is -3.84. The largest absolute Gasteiger partial charge is 0.494 e. The zero-order valence-electron chi connectivity index (χ0n) is 19.8. The van der Waals surface area contributed by atoms with Crippen molar-refractivity contribution >= 4 is 44.8 Å². The van der Waals surface area contributed by atoms with Crippen LogP contribution in [0.25, 0.3) is 0 Å². The maximum absolute atomic E-state index is 13.1. The van der Waals surface area contributed by atoms with E-state index >= 15 is 0 Å². The van der Waals surface area contributed by atoms with E-state index in [1.807, 2.05) is 0 Å². The fourth-order valence-electron chi connectivity index (χ4n) is 3.13. The molecule has 0 radical (unpaired) electrons. The van der Waals surface area contributed by atoms with Gasteiger partial charge in [0.15, 0.2) is 15.5 Å². The Balaban J connectivity index is 1.93. The Morgan fingerprint density at radius 1 is 1.11 bits per heavy atom. The van der Waals surface area contributed by atoms with Crippen molar-refractivity contribution in [3.05, 3.63) is 48.5 Å². The van der Waals surface area contributed by atoms with Gasteiger partial charge in [0.05, 0.1) is 30.1 Å². The van der Waals surface area contributed by atoms with Gasteiger partial charge in [-0.25, -0.2) is 13.2 Å². The lowest BCUT2D eigenvalue weighted by Crippen LogP contribution is -2.33. The van der Waals surface area contributed by atoms with Crippen molar-refractivity contribution in [1.82, 2.24) is 0 Å². The summed E-state index contributed by atoms with van der Waals surface area (Å²) >= 11 is 0. The Kier molecular flexibility index (Phi) is 8.48. The highest BCUT2D eigenvalue weighted by atomic mass is 32.2. The predicted octanol–water partition coefficient (Wildman–Crippen LogP) is 2.45. The van der Waals surface area contributed by atoms with Gasteiger partial charge in [-0.15, -0.1) is 0 Å². The second-order valence-electron chi connectivity index (χ2n) is 7.30. The number of amides is 1. The number of azo groups is 1. The summed E-state index contributed by atoms with van der Waals surface area (Å²) in [6.45, 7) is 2.53. The number of hydrogen-bond donors (Lipinski definition) is 0. The first kappa shape index (κ1) is 26.5. The summed E-state index contributed by atoms with van der Waals surface area (Å²) in [5.74, 6) is -2.33. The van der Waals surface area contributed by atoms with Gasteiger partial charge in [-0.2, -0.15) is 20.3 Å². The molecule has 0 aromatic heterocycles. The average Bonchev–Trinajstić information content (AvgIpc) is 3.19. The average molecular weight is 517 g/mol. The molecule has 1 aliphatic heterocycles. The Hall–Kier alpha value is -4.13. The highest BCUT2D eigenvalue weighted by Gasteiger charge is 2.41. The summed E-state index contributed by atoms with van der Waals surface area (Å²) < 4.78 is 40.3. The number of sulfone groups is 1. The summed E-state index contributed by atoms with van der Waals surface area (Å²) in [5, 5.41) is 13.2. The van der Waals surface area contributed by atoms with Gasteiger partial charge in [-0.1, -0.05) is 18.2 Å². The number of hydrazone groups is 1. The number of anilines is 1. The molecule has 0 bridgehead atoms. The summed E-state index contributed by atoms with van der Waals surface area (Å²) in [6, 6.07) is 10.9. The van der Waals surface area contributed by atoms with Crippen LogP contribution >= 0.6 is 0 Å². The number of esters is 2. The smallest absolute Gasteiger partial charge is 0.357 e. The molecule has 13 heteroatoms. The maximum Gasteiger partial charge on any atom is 0.357 e. The van der Waals surface area contributed by atoms with Gasteiger partial charge in [-0.05, 0) is 37.3 Å². The van der Waals surface area contributed by atoms with E-state index in [1.165, 1.54) is 32.2 Å². The van der Waals surface area contributed by atoms with Crippen molar-refractivity contribution in [3.63, 3.8) is 0 Å². The summed E-state index contributed by atoms with van der Waals surface area (Å²) in [5.41, 5.74) is 0.152. The van der Waals surface area contributed by atoms with Crippen LogP contribution in [0.3, 0.4) is 0 Å². The molecule has 2 aromatic rings. The van der Waals surface area contributed by atoms with Crippen molar-refractivity contribution in [2.75, 3.05) is 31.1 Å². The molecule has 190 valence electrons. The maximum atomic E-state index is 13.1. The first-order valence-corrected chi connectivity index (χ1v) is 12.4. The van der Waals surface area contributed by atoms with Crippen molar-refractivity contribution in [1.29, 1.82) is 0 Å². The van der Waals surface area contributed by atoms with E-state index in [1.54, 1.807) is 37.3 Å². The van der Waals surface area contributed by atoms with Gasteiger partial charge in [0.2, 0.25) is 6.04 Å². The number of nitrogens with zero attached hydrogens (tertiary/aromatic N) is 4. The van der Waals surface area contributed by atoms with Gasteiger partial charge in [-0.3, -0.25) is 9.59 Å². The molecule has 1 heterocycles. The highest BCUT2D eigenvalue weighted by molar-refractivity contribution is 7.91. The fourth-order valence-corrected chi connectivity index (χ4v) is 4.24. The molecular formula is C23H24N4O8S.